The molecule has 2 amide bonds. The maximum absolute atomic E-state index is 13.9. The van der Waals surface area contributed by atoms with Gasteiger partial charge in [-0.05, 0) is 83.7 Å². The Bertz CT molecular complexity index is 1610. The van der Waals surface area contributed by atoms with Crippen molar-refractivity contribution in [1.29, 1.82) is 0 Å². The van der Waals surface area contributed by atoms with Crippen molar-refractivity contribution in [1.82, 2.24) is 4.90 Å². The molecule has 204 valence electrons. The van der Waals surface area contributed by atoms with Crippen LogP contribution in [-0.2, 0) is 25.7 Å². The van der Waals surface area contributed by atoms with Gasteiger partial charge in [0.25, 0.3) is 0 Å². The molecule has 40 heavy (non-hydrogen) atoms. The van der Waals surface area contributed by atoms with E-state index in [1.807, 2.05) is 36.4 Å². The molecule has 4 aliphatic rings. The van der Waals surface area contributed by atoms with Crippen LogP contribution in [0, 0.1) is 17.8 Å². The number of nitrogens with zero attached hydrogens (tertiary/aromatic N) is 1. The number of hydrogen-bond donors (Lipinski definition) is 1. The first-order chi connectivity index (χ1) is 19.1. The zero-order valence-corrected chi connectivity index (χ0v) is 25.9. The number of methoxy groups -OCH3 is 1. The number of phenols is 1. The predicted molar refractivity (Wildman–Crippen MR) is 157 cm³/mol. The second-order valence-corrected chi connectivity index (χ2v) is 12.7. The number of carbonyl (C=O) groups is 4. The summed E-state index contributed by atoms with van der Waals surface area (Å²) < 4.78 is 6.41. The van der Waals surface area contributed by atoms with Crippen molar-refractivity contribution in [2.75, 3.05) is 7.11 Å². The zero-order chi connectivity index (χ0) is 28.5. The molecule has 1 heterocycles. The number of hydrogen-bond acceptors (Lipinski definition) is 6. The summed E-state index contributed by atoms with van der Waals surface area (Å²) in [4.78, 5) is 55.7. The van der Waals surface area contributed by atoms with Gasteiger partial charge in [0, 0.05) is 27.6 Å². The fraction of sp³-hybridized carbons (Fsp3) is 0.267. The van der Waals surface area contributed by atoms with Crippen LogP contribution in [-0.4, -0.2) is 40.5 Å². The second-order valence-electron chi connectivity index (χ2n) is 10.3. The van der Waals surface area contributed by atoms with Crippen molar-refractivity contribution in [2.45, 2.75) is 25.3 Å². The molecule has 4 unspecified atom stereocenters. The molecule has 2 aromatic rings. The van der Waals surface area contributed by atoms with Crippen LogP contribution in [0.3, 0.4) is 0 Å². The summed E-state index contributed by atoms with van der Waals surface area (Å²) in [6.07, 6.45) is 3.77. The number of aromatic hydroxyl groups is 1. The smallest absolute Gasteiger partial charge is 0.234 e. The summed E-state index contributed by atoms with van der Waals surface area (Å²) >= 11 is 10.2. The number of fused-ring (bicyclic) bond motifs is 3. The second kappa shape index (κ2) is 10.2. The lowest BCUT2D eigenvalue weighted by atomic mass is 9.59. The van der Waals surface area contributed by atoms with Gasteiger partial charge in [-0.3, -0.25) is 24.1 Å². The molecule has 0 aromatic heterocycles. The molecule has 1 saturated heterocycles. The number of allylic oxidation sites excluding steroid dienone is 6. The minimum absolute atomic E-state index is 0.112. The number of ketones is 2. The summed E-state index contributed by atoms with van der Waals surface area (Å²) in [5, 5.41) is 10.6. The standard InChI is InChI=1S/C30H22Br3NO6/c1-40-21-10-17(25(32)26(33)28(21)37)22-14-7-8-15-23(16(14)9-18-24(22)20(35)11-19(31)27(18)36)30(39)34(29(15)38)12-13-5-3-2-4-6-13/h2-7,10-11,15-16,22-23,37H,8-9,12H2,1H3. The first-order valence-electron chi connectivity index (χ1n) is 12.7. The minimum Gasteiger partial charge on any atom is -0.503 e. The molecule has 2 aromatic carbocycles. The lowest BCUT2D eigenvalue weighted by Gasteiger charge is -2.42. The van der Waals surface area contributed by atoms with E-state index in [-0.39, 0.29) is 52.3 Å². The van der Waals surface area contributed by atoms with Gasteiger partial charge in [-0.15, -0.1) is 0 Å². The van der Waals surface area contributed by atoms with Gasteiger partial charge in [0.05, 0.1) is 34.4 Å². The largest absolute Gasteiger partial charge is 0.503 e. The Hall–Kier alpha value is -2.82. The lowest BCUT2D eigenvalue weighted by Crippen LogP contribution is -2.39. The molecule has 10 heteroatoms. The van der Waals surface area contributed by atoms with Gasteiger partial charge in [-0.25, -0.2) is 0 Å². The first-order valence-corrected chi connectivity index (χ1v) is 15.0. The first kappa shape index (κ1) is 27.4. The van der Waals surface area contributed by atoms with E-state index in [1.54, 1.807) is 6.07 Å². The van der Waals surface area contributed by atoms with Gasteiger partial charge >= 0.3 is 0 Å². The summed E-state index contributed by atoms with van der Waals surface area (Å²) in [5.74, 6) is -3.34. The summed E-state index contributed by atoms with van der Waals surface area (Å²) in [5.41, 5.74) is 2.95. The number of carbonyl (C=O) groups excluding carboxylic acids is 4. The number of imide groups is 1. The van der Waals surface area contributed by atoms with E-state index in [0.717, 1.165) is 11.1 Å². The molecule has 0 spiro atoms. The van der Waals surface area contributed by atoms with Crippen LogP contribution in [0.2, 0.25) is 0 Å². The van der Waals surface area contributed by atoms with Crippen molar-refractivity contribution in [3.05, 3.63) is 89.8 Å². The number of benzene rings is 2. The number of likely N-dealkylation sites (tertiary alicyclic amines) is 1. The summed E-state index contributed by atoms with van der Waals surface area (Å²) in [6.45, 7) is 0.185. The third-order valence-corrected chi connectivity index (χ3v) is 11.1. The van der Waals surface area contributed by atoms with E-state index in [9.17, 15) is 24.3 Å². The van der Waals surface area contributed by atoms with Crippen LogP contribution in [0.5, 0.6) is 11.5 Å². The average molecular weight is 732 g/mol. The van der Waals surface area contributed by atoms with Crippen molar-refractivity contribution in [3.63, 3.8) is 0 Å². The van der Waals surface area contributed by atoms with Crippen molar-refractivity contribution < 1.29 is 29.0 Å². The van der Waals surface area contributed by atoms with Crippen molar-refractivity contribution in [3.8, 4) is 11.5 Å². The monoisotopic (exact) mass is 729 g/mol. The Balaban J connectivity index is 1.50. The van der Waals surface area contributed by atoms with Crippen LogP contribution in [0.25, 0.3) is 0 Å². The SMILES string of the molecule is COc1cc(C2C3=CCC4C(=O)N(Cc5ccccc5)C(=O)C4C3CC3=C2C(=O)C=C(Br)C3=O)c(Br)c(Br)c1O. The number of Topliss-reactive ketones (excluding diaryl/α,β-unsaturated/α-hetero) is 1. The molecule has 1 fully saturated rings. The zero-order valence-electron chi connectivity index (χ0n) is 21.1. The molecule has 6 rings (SSSR count). The number of rotatable bonds is 4. The fourth-order valence-electron chi connectivity index (χ4n) is 6.53. The Morgan fingerprint density at radius 3 is 2.42 bits per heavy atom. The van der Waals surface area contributed by atoms with Crippen LogP contribution >= 0.6 is 47.8 Å². The van der Waals surface area contributed by atoms with Crippen LogP contribution in [0.4, 0.5) is 0 Å². The Labute approximate surface area is 255 Å². The number of halogens is 3. The summed E-state index contributed by atoms with van der Waals surface area (Å²) in [6, 6.07) is 11.0. The van der Waals surface area contributed by atoms with Crippen LogP contribution in [0.15, 0.2) is 78.7 Å². The molecule has 0 saturated carbocycles. The Morgan fingerprint density at radius 1 is 1.00 bits per heavy atom. The van der Waals surface area contributed by atoms with Gasteiger partial charge in [0.2, 0.25) is 11.8 Å². The van der Waals surface area contributed by atoms with Crippen molar-refractivity contribution >= 4 is 71.2 Å². The highest BCUT2D eigenvalue weighted by Crippen LogP contribution is 2.57. The number of amides is 2. The molecule has 1 aliphatic heterocycles. The average Bonchev–Trinajstić information content (AvgIpc) is 3.19. The van der Waals surface area contributed by atoms with Crippen LogP contribution < -0.4 is 4.74 Å². The topological polar surface area (TPSA) is 101 Å². The minimum atomic E-state index is -0.686. The Morgan fingerprint density at radius 2 is 1.73 bits per heavy atom. The Kier molecular flexibility index (Phi) is 6.99. The predicted octanol–water partition coefficient (Wildman–Crippen LogP) is 5.89. The summed E-state index contributed by atoms with van der Waals surface area (Å²) in [7, 11) is 1.43. The molecular weight excluding hydrogens is 710 g/mol. The van der Waals surface area contributed by atoms with E-state index < -0.39 is 23.7 Å². The maximum atomic E-state index is 13.9. The quantitative estimate of drug-likeness (QED) is 0.239. The lowest BCUT2D eigenvalue weighted by molar-refractivity contribution is -0.140. The van der Waals surface area contributed by atoms with E-state index in [1.165, 1.54) is 18.1 Å². The number of ether oxygens (including phenoxy) is 1. The van der Waals surface area contributed by atoms with Gasteiger partial charge in [-0.1, -0.05) is 42.0 Å². The van der Waals surface area contributed by atoms with E-state index in [2.05, 4.69) is 47.8 Å². The molecular formula is C30H22Br3NO6. The highest BCUT2D eigenvalue weighted by molar-refractivity contribution is 9.13. The van der Waals surface area contributed by atoms with E-state index in [4.69, 9.17) is 4.74 Å². The normalized spacial score (nSPS) is 25.9. The van der Waals surface area contributed by atoms with Crippen molar-refractivity contribution in [2.24, 2.45) is 17.8 Å². The molecule has 7 nitrogen and oxygen atoms in total. The number of phenolic OH excluding ortho intramolecular Hbond substituents is 1. The van der Waals surface area contributed by atoms with Gasteiger partial charge in [-0.2, -0.15) is 0 Å². The molecule has 1 N–H and O–H groups in total. The molecule has 0 bridgehead atoms. The maximum Gasteiger partial charge on any atom is 0.234 e. The third-order valence-electron chi connectivity index (χ3n) is 8.31. The third kappa shape index (κ3) is 4.10. The van der Waals surface area contributed by atoms with E-state index >= 15 is 0 Å². The highest BCUT2D eigenvalue weighted by Gasteiger charge is 2.56. The van der Waals surface area contributed by atoms with Gasteiger partial charge < -0.3 is 9.84 Å². The highest BCUT2D eigenvalue weighted by atomic mass is 79.9. The van der Waals surface area contributed by atoms with Gasteiger partial charge in [0.1, 0.15) is 0 Å². The van der Waals surface area contributed by atoms with Crippen LogP contribution in [0.1, 0.15) is 29.9 Å². The molecule has 3 aliphatic carbocycles. The fourth-order valence-corrected chi connectivity index (χ4v) is 7.93. The van der Waals surface area contributed by atoms with E-state index in [0.29, 0.717) is 32.1 Å². The molecule has 0 radical (unpaired) electrons. The van der Waals surface area contributed by atoms with Gasteiger partial charge in [0.15, 0.2) is 23.1 Å². The molecule has 4 atom stereocenters.